The first kappa shape index (κ1) is 28.4. The molecular weight excluding hydrogens is 544 g/mol. The van der Waals surface area contributed by atoms with Crippen LogP contribution in [0.5, 0.6) is 11.5 Å². The van der Waals surface area contributed by atoms with Gasteiger partial charge in [-0.15, -0.1) is 11.3 Å². The topological polar surface area (TPSA) is 76.2 Å². The molecule has 0 unspecified atom stereocenters. The Labute approximate surface area is 234 Å². The molecule has 0 bridgehead atoms. The van der Waals surface area contributed by atoms with Gasteiger partial charge < -0.3 is 14.4 Å². The van der Waals surface area contributed by atoms with E-state index in [4.69, 9.17) is 21.1 Å². The van der Waals surface area contributed by atoms with E-state index in [0.717, 1.165) is 12.0 Å². The predicted octanol–water partition coefficient (Wildman–Crippen LogP) is 5.65. The van der Waals surface area contributed by atoms with E-state index < -0.39 is 10.0 Å². The first-order valence-electron chi connectivity index (χ1n) is 12.6. The fraction of sp³-hybridized carbons (Fsp3) is 0.393. The fourth-order valence-corrected chi connectivity index (χ4v) is 6.92. The van der Waals surface area contributed by atoms with Crippen molar-refractivity contribution < 1.29 is 22.7 Å². The van der Waals surface area contributed by atoms with Gasteiger partial charge in [0.25, 0.3) is 0 Å². The molecule has 0 saturated carbocycles. The minimum Gasteiger partial charge on any atom is -0.493 e. The van der Waals surface area contributed by atoms with E-state index in [-0.39, 0.29) is 42.5 Å². The van der Waals surface area contributed by atoms with Gasteiger partial charge in [-0.25, -0.2) is 8.42 Å². The van der Waals surface area contributed by atoms with Gasteiger partial charge >= 0.3 is 0 Å². The third-order valence-electron chi connectivity index (χ3n) is 6.60. The number of carbonyl (C=O) groups excluding carboxylic acids is 1. The van der Waals surface area contributed by atoms with Crippen LogP contribution in [0.1, 0.15) is 36.8 Å². The van der Waals surface area contributed by atoms with E-state index >= 15 is 0 Å². The first-order chi connectivity index (χ1) is 18.2. The molecule has 0 saturated heterocycles. The van der Waals surface area contributed by atoms with Crippen molar-refractivity contribution in [2.24, 2.45) is 5.92 Å². The molecule has 1 aromatic heterocycles. The Kier molecular flexibility index (Phi) is 9.36. The van der Waals surface area contributed by atoms with Crippen molar-refractivity contribution in [2.45, 2.75) is 37.6 Å². The molecule has 4 rings (SSSR count). The lowest BCUT2D eigenvalue weighted by Crippen LogP contribution is -2.48. The second kappa shape index (κ2) is 12.5. The summed E-state index contributed by atoms with van der Waals surface area (Å²) in [6.07, 6.45) is 1.36. The Hall–Kier alpha value is -2.59. The van der Waals surface area contributed by atoms with E-state index in [2.05, 4.69) is 0 Å². The highest BCUT2D eigenvalue weighted by atomic mass is 35.5. The molecule has 1 aliphatic rings. The van der Waals surface area contributed by atoms with Crippen molar-refractivity contribution in [3.8, 4) is 11.5 Å². The van der Waals surface area contributed by atoms with Gasteiger partial charge in [0.15, 0.2) is 11.5 Å². The molecule has 0 fully saturated rings. The molecule has 204 valence electrons. The number of amides is 1. The van der Waals surface area contributed by atoms with Gasteiger partial charge in [0.1, 0.15) is 6.61 Å². The Morgan fingerprint density at radius 1 is 1.13 bits per heavy atom. The van der Waals surface area contributed by atoms with Crippen LogP contribution in [-0.4, -0.2) is 56.9 Å². The van der Waals surface area contributed by atoms with Gasteiger partial charge in [-0.2, -0.15) is 4.31 Å². The molecular formula is C28H33ClN2O5S2. The number of benzene rings is 2. The van der Waals surface area contributed by atoms with Gasteiger partial charge in [-0.3, -0.25) is 4.79 Å². The second-order valence-electron chi connectivity index (χ2n) is 9.59. The first-order valence-corrected chi connectivity index (χ1v) is 15.3. The maximum absolute atomic E-state index is 13.8. The number of rotatable bonds is 11. The van der Waals surface area contributed by atoms with E-state index in [0.29, 0.717) is 29.5 Å². The Bertz CT molecular complexity index is 1340. The van der Waals surface area contributed by atoms with Gasteiger partial charge in [-0.1, -0.05) is 37.6 Å². The Balaban J connectivity index is 1.58. The third-order valence-corrected chi connectivity index (χ3v) is 9.71. The standard InChI is InChI=1S/C28H33ClN2O5S2/c1-20(2)12-15-30(38(33,34)22-10-8-21(29)9-11-22)18-28(32)31-16-13-27-23(14-17-37-27)24(31)19-36-26-7-5-4-6-25(26)35-3/h4-11,14,17,20,24H,12-13,15-16,18-19H2,1-3H3/t24-/m1/s1. The molecule has 0 N–H and O–H groups in total. The predicted molar refractivity (Wildman–Crippen MR) is 151 cm³/mol. The zero-order valence-electron chi connectivity index (χ0n) is 21.8. The Morgan fingerprint density at radius 3 is 2.53 bits per heavy atom. The van der Waals surface area contributed by atoms with Crippen LogP contribution in [0.25, 0.3) is 0 Å². The van der Waals surface area contributed by atoms with Crippen LogP contribution < -0.4 is 9.47 Å². The van der Waals surface area contributed by atoms with Crippen molar-refractivity contribution in [3.05, 3.63) is 75.4 Å². The molecule has 7 nitrogen and oxygen atoms in total. The van der Waals surface area contributed by atoms with Crippen LogP contribution in [0.15, 0.2) is 64.9 Å². The number of hydrogen-bond acceptors (Lipinski definition) is 6. The van der Waals surface area contributed by atoms with Gasteiger partial charge in [0.2, 0.25) is 15.9 Å². The van der Waals surface area contributed by atoms with Crippen LogP contribution in [0.4, 0.5) is 0 Å². The summed E-state index contributed by atoms with van der Waals surface area (Å²) in [5.74, 6) is 1.23. The summed E-state index contributed by atoms with van der Waals surface area (Å²) >= 11 is 7.65. The van der Waals surface area contributed by atoms with E-state index in [1.54, 1.807) is 35.5 Å². The molecule has 1 amide bonds. The van der Waals surface area contributed by atoms with Crippen LogP contribution in [0, 0.1) is 5.92 Å². The normalized spacial score (nSPS) is 15.5. The minimum atomic E-state index is -3.90. The number of carbonyl (C=O) groups is 1. The summed E-state index contributed by atoms with van der Waals surface area (Å²) in [7, 11) is -2.31. The second-order valence-corrected chi connectivity index (χ2v) is 13.0. The number of thiophene rings is 1. The number of ether oxygens (including phenoxy) is 2. The van der Waals surface area contributed by atoms with Crippen molar-refractivity contribution in [3.63, 3.8) is 0 Å². The third kappa shape index (κ3) is 6.51. The summed E-state index contributed by atoms with van der Waals surface area (Å²) in [5.41, 5.74) is 1.04. The lowest BCUT2D eigenvalue weighted by Gasteiger charge is -2.37. The molecule has 0 radical (unpaired) electrons. The molecule has 1 aliphatic heterocycles. The Morgan fingerprint density at radius 2 is 1.84 bits per heavy atom. The average Bonchev–Trinajstić information content (AvgIpc) is 3.39. The number of nitrogens with zero attached hydrogens (tertiary/aromatic N) is 2. The summed E-state index contributed by atoms with van der Waals surface area (Å²) in [4.78, 5) is 16.9. The van der Waals surface area contributed by atoms with E-state index in [1.165, 1.54) is 21.3 Å². The van der Waals surface area contributed by atoms with Crippen LogP contribution in [0.3, 0.4) is 0 Å². The number of methoxy groups -OCH3 is 1. The summed E-state index contributed by atoms with van der Waals surface area (Å²) < 4.78 is 40.0. The maximum Gasteiger partial charge on any atom is 0.243 e. The summed E-state index contributed by atoms with van der Waals surface area (Å²) in [5, 5.41) is 2.47. The molecule has 0 aliphatic carbocycles. The lowest BCUT2D eigenvalue weighted by atomic mass is 10.0. The van der Waals surface area contributed by atoms with Crippen molar-refractivity contribution in [2.75, 3.05) is 33.4 Å². The largest absolute Gasteiger partial charge is 0.493 e. The van der Waals surface area contributed by atoms with Crippen LogP contribution in [0.2, 0.25) is 5.02 Å². The minimum absolute atomic E-state index is 0.119. The molecule has 2 heterocycles. The average molecular weight is 577 g/mol. The van der Waals surface area contributed by atoms with Crippen molar-refractivity contribution in [1.29, 1.82) is 0 Å². The number of para-hydroxylation sites is 2. The molecule has 2 aromatic carbocycles. The number of halogens is 1. The quantitative estimate of drug-likeness (QED) is 0.295. The number of sulfonamides is 1. The molecule has 0 spiro atoms. The van der Waals surface area contributed by atoms with Gasteiger partial charge in [0.05, 0.1) is 24.6 Å². The zero-order chi connectivity index (χ0) is 27.3. The maximum atomic E-state index is 13.8. The monoisotopic (exact) mass is 576 g/mol. The molecule has 1 atom stereocenters. The lowest BCUT2D eigenvalue weighted by molar-refractivity contribution is -0.135. The van der Waals surface area contributed by atoms with Gasteiger partial charge in [0, 0.05) is 23.0 Å². The highest BCUT2D eigenvalue weighted by molar-refractivity contribution is 7.89. The van der Waals surface area contributed by atoms with E-state index in [1.807, 2.05) is 49.6 Å². The highest BCUT2D eigenvalue weighted by Crippen LogP contribution is 2.35. The molecule has 38 heavy (non-hydrogen) atoms. The van der Waals surface area contributed by atoms with Gasteiger partial charge in [-0.05, 0) is 72.2 Å². The fourth-order valence-electron chi connectivity index (χ4n) is 4.47. The van der Waals surface area contributed by atoms with Crippen LogP contribution in [-0.2, 0) is 21.2 Å². The van der Waals surface area contributed by atoms with Crippen LogP contribution >= 0.6 is 22.9 Å². The zero-order valence-corrected chi connectivity index (χ0v) is 24.2. The number of fused-ring (bicyclic) bond motifs is 1. The summed E-state index contributed by atoms with van der Waals surface area (Å²) in [6, 6.07) is 15.1. The molecule has 3 aromatic rings. The van der Waals surface area contributed by atoms with Crippen molar-refractivity contribution in [1.82, 2.24) is 9.21 Å². The smallest absolute Gasteiger partial charge is 0.243 e. The van der Waals surface area contributed by atoms with Crippen molar-refractivity contribution >= 4 is 38.9 Å². The molecule has 10 heteroatoms. The number of hydrogen-bond donors (Lipinski definition) is 0. The van der Waals surface area contributed by atoms with E-state index in [9.17, 15) is 13.2 Å². The highest BCUT2D eigenvalue weighted by Gasteiger charge is 2.35. The summed E-state index contributed by atoms with van der Waals surface area (Å²) in [6.45, 7) is 4.78. The SMILES string of the molecule is COc1ccccc1OC[C@@H]1c2ccsc2CCN1C(=O)CN(CCC(C)C)S(=O)(=O)c1ccc(Cl)cc1.